The lowest BCUT2D eigenvalue weighted by atomic mass is 10.1. The van der Waals surface area contributed by atoms with Gasteiger partial charge in [-0.3, -0.25) is 0 Å². The van der Waals surface area contributed by atoms with Gasteiger partial charge in [-0.2, -0.15) is 0 Å². The number of aryl methyl sites for hydroxylation is 1. The maximum absolute atomic E-state index is 5.87. The van der Waals surface area contributed by atoms with E-state index in [1.165, 1.54) is 4.88 Å². The van der Waals surface area contributed by atoms with Gasteiger partial charge < -0.3 is 0 Å². The molecule has 0 atom stereocenters. The van der Waals surface area contributed by atoms with Crippen molar-refractivity contribution in [1.82, 2.24) is 4.98 Å². The third kappa shape index (κ3) is 2.28. The molecule has 1 aromatic heterocycles. The average Bonchev–Trinajstić information content (AvgIpc) is 2.61. The van der Waals surface area contributed by atoms with E-state index < -0.39 is 0 Å². The van der Waals surface area contributed by atoms with Crippen LogP contribution in [0.1, 0.15) is 30.3 Å². The number of benzene rings is 1. The molecule has 0 aliphatic carbocycles. The fourth-order valence-corrected chi connectivity index (χ4v) is 2.86. The Morgan fingerprint density at radius 1 is 1.19 bits per heavy atom. The molecule has 3 heteroatoms. The molecule has 0 bridgehead atoms. The third-order valence-electron chi connectivity index (χ3n) is 2.45. The van der Waals surface area contributed by atoms with Gasteiger partial charge >= 0.3 is 0 Å². The molecule has 0 fully saturated rings. The van der Waals surface area contributed by atoms with Gasteiger partial charge in [-0.1, -0.05) is 37.6 Å². The number of hydrogen-bond donors (Lipinski definition) is 0. The summed E-state index contributed by atoms with van der Waals surface area (Å²) < 4.78 is 0. The molecule has 0 aliphatic heterocycles. The minimum atomic E-state index is 0.540. The Morgan fingerprint density at radius 2 is 1.81 bits per heavy atom. The summed E-state index contributed by atoms with van der Waals surface area (Å²) in [5, 5.41) is 1.85. The molecule has 0 amide bonds. The van der Waals surface area contributed by atoms with Gasteiger partial charge in [0.1, 0.15) is 5.01 Å². The number of thiazole rings is 1. The molecule has 1 heterocycles. The summed E-state index contributed by atoms with van der Waals surface area (Å²) in [6.07, 6.45) is 0. The monoisotopic (exact) mass is 251 g/mol. The highest BCUT2D eigenvalue weighted by Gasteiger charge is 2.11. The van der Waals surface area contributed by atoms with E-state index in [0.717, 1.165) is 21.3 Å². The smallest absolute Gasteiger partial charge is 0.123 e. The van der Waals surface area contributed by atoms with E-state index in [2.05, 4.69) is 25.8 Å². The largest absolute Gasteiger partial charge is 0.241 e. The van der Waals surface area contributed by atoms with Gasteiger partial charge in [-0.15, -0.1) is 11.3 Å². The first-order chi connectivity index (χ1) is 7.58. The van der Waals surface area contributed by atoms with Crippen LogP contribution in [0.4, 0.5) is 0 Å². The predicted molar refractivity (Wildman–Crippen MR) is 71.4 cm³/mol. The summed E-state index contributed by atoms with van der Waals surface area (Å²) in [6, 6.07) is 7.85. The highest BCUT2D eigenvalue weighted by atomic mass is 35.5. The van der Waals surface area contributed by atoms with E-state index in [1.807, 2.05) is 24.3 Å². The Hall–Kier alpha value is -0.860. The lowest BCUT2D eigenvalue weighted by Gasteiger charge is -1.99. The number of halogens is 1. The lowest BCUT2D eigenvalue weighted by Crippen LogP contribution is -1.84. The van der Waals surface area contributed by atoms with Crippen molar-refractivity contribution in [3.63, 3.8) is 0 Å². The zero-order valence-electron chi connectivity index (χ0n) is 9.62. The van der Waals surface area contributed by atoms with Gasteiger partial charge in [0.05, 0.1) is 5.69 Å². The van der Waals surface area contributed by atoms with Crippen LogP contribution in [0.3, 0.4) is 0 Å². The van der Waals surface area contributed by atoms with Crippen LogP contribution in [-0.4, -0.2) is 4.98 Å². The van der Waals surface area contributed by atoms with Gasteiger partial charge in [0.2, 0.25) is 0 Å². The van der Waals surface area contributed by atoms with E-state index in [0.29, 0.717) is 5.92 Å². The van der Waals surface area contributed by atoms with E-state index in [4.69, 9.17) is 11.6 Å². The van der Waals surface area contributed by atoms with Crippen molar-refractivity contribution in [3.8, 4) is 10.6 Å². The Bertz CT molecular complexity index is 485. The molecule has 2 aromatic rings. The normalized spacial score (nSPS) is 11.1. The van der Waals surface area contributed by atoms with Crippen LogP contribution in [-0.2, 0) is 0 Å². The Labute approximate surface area is 105 Å². The van der Waals surface area contributed by atoms with Crippen molar-refractivity contribution >= 4 is 22.9 Å². The summed E-state index contributed by atoms with van der Waals surface area (Å²) in [7, 11) is 0. The van der Waals surface area contributed by atoms with Crippen LogP contribution >= 0.6 is 22.9 Å². The topological polar surface area (TPSA) is 12.9 Å². The molecule has 0 N–H and O–H groups in total. The van der Waals surface area contributed by atoms with E-state index in [1.54, 1.807) is 11.3 Å². The average molecular weight is 252 g/mol. The number of nitrogens with zero attached hydrogens (tertiary/aromatic N) is 1. The summed E-state index contributed by atoms with van der Waals surface area (Å²) in [5.41, 5.74) is 2.29. The maximum Gasteiger partial charge on any atom is 0.123 e. The second-order valence-corrected chi connectivity index (χ2v) is 5.60. The van der Waals surface area contributed by atoms with Crippen LogP contribution < -0.4 is 0 Å². The molecule has 1 nitrogen and oxygen atoms in total. The first-order valence-corrected chi connectivity index (χ1v) is 6.50. The standard InChI is InChI=1S/C13H14ClNS/c1-8(2)12-9(3)15-13(16-12)10-4-6-11(14)7-5-10/h4-8H,1-3H3. The van der Waals surface area contributed by atoms with Gasteiger partial charge in [0, 0.05) is 15.5 Å². The molecule has 0 spiro atoms. The summed E-state index contributed by atoms with van der Waals surface area (Å²) in [5.74, 6) is 0.540. The number of rotatable bonds is 2. The summed E-state index contributed by atoms with van der Waals surface area (Å²) in [6.45, 7) is 6.48. The highest BCUT2D eigenvalue weighted by molar-refractivity contribution is 7.15. The van der Waals surface area contributed by atoms with Crippen molar-refractivity contribution < 1.29 is 0 Å². The van der Waals surface area contributed by atoms with E-state index in [-0.39, 0.29) is 0 Å². The third-order valence-corrected chi connectivity index (χ3v) is 4.21. The van der Waals surface area contributed by atoms with Crippen LogP contribution in [0, 0.1) is 6.92 Å². The van der Waals surface area contributed by atoms with Crippen molar-refractivity contribution in [1.29, 1.82) is 0 Å². The molecule has 84 valence electrons. The molecule has 0 aliphatic rings. The highest BCUT2D eigenvalue weighted by Crippen LogP contribution is 2.32. The first-order valence-electron chi connectivity index (χ1n) is 5.31. The minimum absolute atomic E-state index is 0.540. The van der Waals surface area contributed by atoms with Gasteiger partial charge in [0.15, 0.2) is 0 Å². The quantitative estimate of drug-likeness (QED) is 0.740. The SMILES string of the molecule is Cc1nc(-c2ccc(Cl)cc2)sc1C(C)C. The Balaban J connectivity index is 2.41. The molecule has 2 rings (SSSR count). The summed E-state index contributed by atoms with van der Waals surface area (Å²) >= 11 is 7.64. The van der Waals surface area contributed by atoms with Crippen LogP contribution in [0.25, 0.3) is 10.6 Å². The Morgan fingerprint density at radius 3 is 2.31 bits per heavy atom. The zero-order valence-corrected chi connectivity index (χ0v) is 11.2. The molecular formula is C13H14ClNS. The van der Waals surface area contributed by atoms with Crippen LogP contribution in [0.5, 0.6) is 0 Å². The van der Waals surface area contributed by atoms with Crippen LogP contribution in [0.15, 0.2) is 24.3 Å². The van der Waals surface area contributed by atoms with E-state index in [9.17, 15) is 0 Å². The number of aromatic nitrogens is 1. The zero-order chi connectivity index (χ0) is 11.7. The molecule has 0 radical (unpaired) electrons. The van der Waals surface area contributed by atoms with Gasteiger partial charge in [0.25, 0.3) is 0 Å². The molecule has 0 unspecified atom stereocenters. The molecule has 16 heavy (non-hydrogen) atoms. The minimum Gasteiger partial charge on any atom is -0.241 e. The van der Waals surface area contributed by atoms with Crippen molar-refractivity contribution in [3.05, 3.63) is 39.9 Å². The number of hydrogen-bond acceptors (Lipinski definition) is 2. The molecule has 0 saturated carbocycles. The fourth-order valence-electron chi connectivity index (χ4n) is 1.66. The van der Waals surface area contributed by atoms with Gasteiger partial charge in [-0.25, -0.2) is 4.98 Å². The van der Waals surface area contributed by atoms with Gasteiger partial charge in [-0.05, 0) is 25.0 Å². The maximum atomic E-state index is 5.87. The lowest BCUT2D eigenvalue weighted by molar-refractivity contribution is 0.873. The Kier molecular flexibility index (Phi) is 3.31. The predicted octanol–water partition coefficient (Wildman–Crippen LogP) is 4.90. The van der Waals surface area contributed by atoms with Crippen molar-refractivity contribution in [2.75, 3.05) is 0 Å². The fraction of sp³-hybridized carbons (Fsp3) is 0.308. The summed E-state index contributed by atoms with van der Waals surface area (Å²) in [4.78, 5) is 5.97. The first kappa shape index (κ1) is 11.6. The molecule has 1 aromatic carbocycles. The second-order valence-electron chi connectivity index (χ2n) is 4.13. The van der Waals surface area contributed by atoms with Crippen LogP contribution in [0.2, 0.25) is 5.02 Å². The second kappa shape index (κ2) is 4.56. The molecular weight excluding hydrogens is 238 g/mol. The molecule has 0 saturated heterocycles. The van der Waals surface area contributed by atoms with E-state index >= 15 is 0 Å². The van der Waals surface area contributed by atoms with Crippen molar-refractivity contribution in [2.45, 2.75) is 26.7 Å². The van der Waals surface area contributed by atoms with Crippen molar-refractivity contribution in [2.24, 2.45) is 0 Å².